The van der Waals surface area contributed by atoms with Crippen molar-refractivity contribution in [3.63, 3.8) is 0 Å². The van der Waals surface area contributed by atoms with E-state index in [4.69, 9.17) is 4.74 Å². The highest BCUT2D eigenvalue weighted by Crippen LogP contribution is 2.32. The van der Waals surface area contributed by atoms with Gasteiger partial charge in [0.25, 0.3) is 5.56 Å². The smallest absolute Gasteiger partial charge is 0.255 e. The maximum Gasteiger partial charge on any atom is 0.255 e. The molecule has 2 aromatic rings. The van der Waals surface area contributed by atoms with Crippen LogP contribution < -0.4 is 10.3 Å². The Hall–Kier alpha value is -1.88. The minimum atomic E-state index is -0.324. The Morgan fingerprint density at radius 1 is 1.29 bits per heavy atom. The molecule has 21 heavy (non-hydrogen) atoms. The molecule has 110 valence electrons. The molecule has 1 aromatic heterocycles. The highest BCUT2D eigenvalue weighted by atomic mass is 19.1. The zero-order valence-electron chi connectivity index (χ0n) is 11.7. The molecular weight excluding hydrogens is 271 g/mol. The second kappa shape index (κ2) is 4.84. The van der Waals surface area contributed by atoms with Crippen LogP contribution in [0.2, 0.25) is 0 Å². The lowest BCUT2D eigenvalue weighted by Crippen LogP contribution is -2.19. The Balaban J connectivity index is 1.83. The maximum atomic E-state index is 14.7. The van der Waals surface area contributed by atoms with E-state index in [2.05, 4.69) is 9.88 Å². The molecule has 1 fully saturated rings. The fourth-order valence-corrected chi connectivity index (χ4v) is 3.34. The zero-order valence-corrected chi connectivity index (χ0v) is 11.7. The second-order valence-electron chi connectivity index (χ2n) is 5.80. The van der Waals surface area contributed by atoms with E-state index in [0.717, 1.165) is 13.1 Å². The maximum absolute atomic E-state index is 14.7. The van der Waals surface area contributed by atoms with Crippen LogP contribution in [0.1, 0.15) is 24.0 Å². The minimum absolute atomic E-state index is 0.229. The largest absolute Gasteiger partial charge is 0.492 e. The van der Waals surface area contributed by atoms with Gasteiger partial charge in [0.15, 0.2) is 5.82 Å². The van der Waals surface area contributed by atoms with Crippen molar-refractivity contribution in [1.82, 2.24) is 9.88 Å². The fraction of sp³-hybridized carbons (Fsp3) is 0.438. The monoisotopic (exact) mass is 288 g/mol. The lowest BCUT2D eigenvalue weighted by atomic mass is 10.1. The molecule has 1 aromatic carbocycles. The standard InChI is InChI=1S/C16H17FN2O2/c17-13-10(9-19-6-1-2-7-19)3-4-11-14(13)18-16(20)12-5-8-21-15(11)12/h3-4H,1-2,5-9H2,(H,18,20). The van der Waals surface area contributed by atoms with Crippen molar-refractivity contribution in [1.29, 1.82) is 0 Å². The molecule has 0 bridgehead atoms. The van der Waals surface area contributed by atoms with Gasteiger partial charge in [0.2, 0.25) is 0 Å². The van der Waals surface area contributed by atoms with Crippen molar-refractivity contribution >= 4 is 10.9 Å². The van der Waals surface area contributed by atoms with Gasteiger partial charge >= 0.3 is 0 Å². The summed E-state index contributed by atoms with van der Waals surface area (Å²) in [6, 6.07) is 3.68. The lowest BCUT2D eigenvalue weighted by molar-refractivity contribution is 0.326. The van der Waals surface area contributed by atoms with Crippen LogP contribution in [0.5, 0.6) is 5.75 Å². The summed E-state index contributed by atoms with van der Waals surface area (Å²) in [5.74, 6) is 0.232. The minimum Gasteiger partial charge on any atom is -0.492 e. The average Bonchev–Trinajstić information content (AvgIpc) is 3.14. The molecule has 0 unspecified atom stereocenters. The number of H-pyrrole nitrogens is 1. The van der Waals surface area contributed by atoms with Gasteiger partial charge in [0.1, 0.15) is 5.75 Å². The van der Waals surface area contributed by atoms with Crippen molar-refractivity contribution < 1.29 is 9.13 Å². The van der Waals surface area contributed by atoms with Crippen molar-refractivity contribution in [3.05, 3.63) is 39.4 Å². The molecule has 0 amide bonds. The van der Waals surface area contributed by atoms with Crippen LogP contribution in [0, 0.1) is 5.82 Å². The first-order valence-corrected chi connectivity index (χ1v) is 7.45. The Morgan fingerprint density at radius 2 is 2.10 bits per heavy atom. The zero-order chi connectivity index (χ0) is 14.4. The van der Waals surface area contributed by atoms with Crippen LogP contribution in [0.15, 0.2) is 16.9 Å². The van der Waals surface area contributed by atoms with Gasteiger partial charge in [-0.15, -0.1) is 0 Å². The predicted molar refractivity (Wildman–Crippen MR) is 78.2 cm³/mol. The number of pyridine rings is 1. The molecule has 0 aliphatic carbocycles. The van der Waals surface area contributed by atoms with Crippen LogP contribution in [0.3, 0.4) is 0 Å². The van der Waals surface area contributed by atoms with E-state index in [1.165, 1.54) is 12.8 Å². The average molecular weight is 288 g/mol. The second-order valence-corrected chi connectivity index (χ2v) is 5.80. The summed E-state index contributed by atoms with van der Waals surface area (Å²) >= 11 is 0. The number of hydrogen-bond donors (Lipinski definition) is 1. The van der Waals surface area contributed by atoms with E-state index < -0.39 is 0 Å². The predicted octanol–water partition coefficient (Wildman–Crippen LogP) is 2.20. The molecule has 0 saturated carbocycles. The van der Waals surface area contributed by atoms with Gasteiger partial charge in [-0.1, -0.05) is 6.07 Å². The van der Waals surface area contributed by atoms with Crippen molar-refractivity contribution in [2.75, 3.05) is 19.7 Å². The number of benzene rings is 1. The number of aromatic amines is 1. The van der Waals surface area contributed by atoms with E-state index in [9.17, 15) is 9.18 Å². The van der Waals surface area contributed by atoms with Crippen LogP contribution >= 0.6 is 0 Å². The third-order valence-corrected chi connectivity index (χ3v) is 4.44. The van der Waals surface area contributed by atoms with Crippen molar-refractivity contribution in [2.24, 2.45) is 0 Å². The number of rotatable bonds is 2. The molecular formula is C16H17FN2O2. The number of aromatic nitrogens is 1. The highest BCUT2D eigenvalue weighted by molar-refractivity contribution is 5.87. The summed E-state index contributed by atoms with van der Waals surface area (Å²) < 4.78 is 20.2. The van der Waals surface area contributed by atoms with Gasteiger partial charge < -0.3 is 9.72 Å². The van der Waals surface area contributed by atoms with E-state index in [1.807, 2.05) is 12.1 Å². The molecule has 1 N–H and O–H groups in total. The summed E-state index contributed by atoms with van der Waals surface area (Å²) in [7, 11) is 0. The molecule has 1 saturated heterocycles. The van der Waals surface area contributed by atoms with Gasteiger partial charge in [0.05, 0.1) is 17.7 Å². The molecule has 4 nitrogen and oxygen atoms in total. The van der Waals surface area contributed by atoms with E-state index in [1.54, 1.807) is 0 Å². The van der Waals surface area contributed by atoms with Gasteiger partial charge in [-0.3, -0.25) is 9.69 Å². The molecule has 0 spiro atoms. The third-order valence-electron chi connectivity index (χ3n) is 4.44. The van der Waals surface area contributed by atoms with E-state index in [0.29, 0.717) is 41.8 Å². The molecule has 2 aliphatic rings. The van der Waals surface area contributed by atoms with Gasteiger partial charge in [-0.05, 0) is 32.0 Å². The molecule has 5 heteroatoms. The number of nitrogens with one attached hydrogen (secondary N) is 1. The number of fused-ring (bicyclic) bond motifs is 3. The van der Waals surface area contributed by atoms with Crippen molar-refractivity contribution in [3.8, 4) is 5.75 Å². The van der Waals surface area contributed by atoms with Gasteiger partial charge in [-0.2, -0.15) is 0 Å². The Morgan fingerprint density at radius 3 is 2.90 bits per heavy atom. The summed E-state index contributed by atoms with van der Waals surface area (Å²) in [6.07, 6.45) is 2.94. The quantitative estimate of drug-likeness (QED) is 0.921. The SMILES string of the molecule is O=c1[nH]c2c(F)c(CN3CCCC3)ccc2c2c1CCO2. The van der Waals surface area contributed by atoms with Gasteiger partial charge in [0, 0.05) is 23.9 Å². The fourth-order valence-electron chi connectivity index (χ4n) is 3.34. The first kappa shape index (κ1) is 12.8. The Labute approximate surface area is 121 Å². The Bertz CT molecular complexity index is 763. The van der Waals surface area contributed by atoms with Gasteiger partial charge in [-0.25, -0.2) is 4.39 Å². The summed E-state index contributed by atoms with van der Waals surface area (Å²) in [5.41, 5.74) is 1.32. The van der Waals surface area contributed by atoms with E-state index >= 15 is 0 Å². The highest BCUT2D eigenvalue weighted by Gasteiger charge is 2.22. The number of hydrogen-bond acceptors (Lipinski definition) is 3. The van der Waals surface area contributed by atoms with Crippen LogP contribution in [0.4, 0.5) is 4.39 Å². The van der Waals surface area contributed by atoms with Crippen LogP contribution in [0.25, 0.3) is 10.9 Å². The normalized spacial score (nSPS) is 18.1. The lowest BCUT2D eigenvalue weighted by Gasteiger charge is -2.16. The molecule has 0 radical (unpaired) electrons. The first-order valence-electron chi connectivity index (χ1n) is 7.45. The molecule has 2 aliphatic heterocycles. The molecule has 4 rings (SSSR count). The third kappa shape index (κ3) is 2.03. The number of halogens is 1. The van der Waals surface area contributed by atoms with E-state index in [-0.39, 0.29) is 16.9 Å². The Kier molecular flexibility index (Phi) is 2.96. The van der Waals surface area contributed by atoms with Crippen molar-refractivity contribution in [2.45, 2.75) is 25.8 Å². The molecule has 0 atom stereocenters. The summed E-state index contributed by atoms with van der Waals surface area (Å²) in [4.78, 5) is 17.0. The molecule has 3 heterocycles. The summed E-state index contributed by atoms with van der Waals surface area (Å²) in [5, 5.41) is 0.671. The topological polar surface area (TPSA) is 45.3 Å². The first-order chi connectivity index (χ1) is 10.2. The summed E-state index contributed by atoms with van der Waals surface area (Å²) in [6.45, 7) is 3.12. The van der Waals surface area contributed by atoms with Crippen LogP contribution in [-0.2, 0) is 13.0 Å². The number of ether oxygens (including phenoxy) is 1. The van der Waals surface area contributed by atoms with Crippen LogP contribution in [-0.4, -0.2) is 29.6 Å². The number of nitrogens with zero attached hydrogens (tertiary/aromatic N) is 1. The number of likely N-dealkylation sites (tertiary alicyclic amines) is 1.